The van der Waals surface area contributed by atoms with Gasteiger partial charge in [-0.3, -0.25) is 0 Å². The number of rotatable bonds is 1. The summed E-state index contributed by atoms with van der Waals surface area (Å²) in [6, 6.07) is 0. The first-order chi connectivity index (χ1) is 7.22. The third-order valence-corrected chi connectivity index (χ3v) is 3.47. The Morgan fingerprint density at radius 3 is 2.53 bits per heavy atom. The average Bonchev–Trinajstić information content (AvgIpc) is 2.17. The molecule has 0 spiro atoms. The van der Waals surface area contributed by atoms with Crippen LogP contribution in [0.5, 0.6) is 0 Å². The van der Waals surface area contributed by atoms with Crippen molar-refractivity contribution in [2.75, 3.05) is 13.1 Å². The molecule has 2 rings (SSSR count). The second-order valence-corrected chi connectivity index (χ2v) is 4.40. The van der Waals surface area contributed by atoms with Crippen LogP contribution >= 0.6 is 0 Å². The van der Waals surface area contributed by atoms with Gasteiger partial charge < -0.3 is 14.7 Å². The maximum Gasteiger partial charge on any atom is 0.414 e. The predicted octanol–water partition coefficient (Wildman–Crippen LogP) is 1.36. The quantitative estimate of drug-likeness (QED) is 0.666. The number of ether oxygens (including phenoxy) is 1. The van der Waals surface area contributed by atoms with Crippen molar-refractivity contribution in [3.05, 3.63) is 12.8 Å². The highest BCUT2D eigenvalue weighted by molar-refractivity contribution is 5.68. The molecule has 4 heteroatoms. The predicted molar refractivity (Wildman–Crippen MR) is 55.1 cm³/mol. The molecule has 84 valence electrons. The van der Waals surface area contributed by atoms with Gasteiger partial charge in [0, 0.05) is 24.9 Å². The number of likely N-dealkylation sites (tertiary alicyclic amines) is 1. The average molecular weight is 211 g/mol. The minimum atomic E-state index is -0.339. The van der Waals surface area contributed by atoms with Gasteiger partial charge in [0.1, 0.15) is 0 Å². The highest BCUT2D eigenvalue weighted by Gasteiger charge is 2.40. The van der Waals surface area contributed by atoms with Crippen molar-refractivity contribution in [1.29, 1.82) is 0 Å². The molecule has 2 fully saturated rings. The molecular formula is C11H17NO3. The Labute approximate surface area is 89.5 Å². The second kappa shape index (κ2) is 4.23. The van der Waals surface area contributed by atoms with E-state index in [-0.39, 0.29) is 24.0 Å². The SMILES string of the molecule is C=COC(=O)N1CC2CCCC(C1)C2O. The van der Waals surface area contributed by atoms with E-state index in [0.29, 0.717) is 13.1 Å². The van der Waals surface area contributed by atoms with Crippen LogP contribution in [0.15, 0.2) is 12.8 Å². The largest absolute Gasteiger partial charge is 0.419 e. The van der Waals surface area contributed by atoms with Crippen LogP contribution in [0.1, 0.15) is 19.3 Å². The van der Waals surface area contributed by atoms with Crippen molar-refractivity contribution in [2.45, 2.75) is 25.4 Å². The summed E-state index contributed by atoms with van der Waals surface area (Å²) in [7, 11) is 0. The molecule has 15 heavy (non-hydrogen) atoms. The first-order valence-electron chi connectivity index (χ1n) is 5.47. The third kappa shape index (κ3) is 2.00. The molecule has 2 bridgehead atoms. The van der Waals surface area contributed by atoms with Crippen LogP contribution in [0, 0.1) is 11.8 Å². The summed E-state index contributed by atoms with van der Waals surface area (Å²) >= 11 is 0. The normalized spacial score (nSPS) is 34.7. The number of aliphatic hydroxyl groups is 1. The van der Waals surface area contributed by atoms with Crippen LogP contribution in [-0.2, 0) is 4.74 Å². The van der Waals surface area contributed by atoms with E-state index < -0.39 is 0 Å². The Bertz CT molecular complexity index is 253. The summed E-state index contributed by atoms with van der Waals surface area (Å²) in [5, 5.41) is 9.92. The van der Waals surface area contributed by atoms with Gasteiger partial charge in [-0.2, -0.15) is 0 Å². The number of hydrogen-bond donors (Lipinski definition) is 1. The Balaban J connectivity index is 2.00. The lowest BCUT2D eigenvalue weighted by molar-refractivity contribution is -0.0429. The highest BCUT2D eigenvalue weighted by atomic mass is 16.5. The van der Waals surface area contributed by atoms with Crippen molar-refractivity contribution in [3.8, 4) is 0 Å². The van der Waals surface area contributed by atoms with Gasteiger partial charge >= 0.3 is 6.09 Å². The number of aliphatic hydroxyl groups excluding tert-OH is 1. The van der Waals surface area contributed by atoms with Crippen LogP contribution in [0.25, 0.3) is 0 Å². The number of piperidine rings is 1. The topological polar surface area (TPSA) is 49.8 Å². The van der Waals surface area contributed by atoms with E-state index in [0.717, 1.165) is 25.5 Å². The fourth-order valence-electron chi connectivity index (χ4n) is 2.70. The van der Waals surface area contributed by atoms with E-state index in [1.807, 2.05) is 0 Å². The molecule has 2 aliphatic rings. The first-order valence-corrected chi connectivity index (χ1v) is 5.47. The fourth-order valence-corrected chi connectivity index (χ4v) is 2.70. The molecule has 0 aromatic heterocycles. The lowest BCUT2D eigenvalue weighted by atomic mass is 9.75. The van der Waals surface area contributed by atoms with Gasteiger partial charge in [0.25, 0.3) is 0 Å². The van der Waals surface area contributed by atoms with E-state index >= 15 is 0 Å². The van der Waals surface area contributed by atoms with Crippen molar-refractivity contribution in [1.82, 2.24) is 4.90 Å². The van der Waals surface area contributed by atoms with Crippen LogP contribution in [-0.4, -0.2) is 35.3 Å². The summed E-state index contributed by atoms with van der Waals surface area (Å²) in [6.45, 7) is 4.59. The number of fused-ring (bicyclic) bond motifs is 2. The maximum atomic E-state index is 11.5. The highest BCUT2D eigenvalue weighted by Crippen LogP contribution is 2.34. The maximum absolute atomic E-state index is 11.5. The number of carbonyl (C=O) groups excluding carboxylic acids is 1. The van der Waals surface area contributed by atoms with Crippen molar-refractivity contribution >= 4 is 6.09 Å². The molecule has 0 aromatic carbocycles. The molecule has 4 nitrogen and oxygen atoms in total. The van der Waals surface area contributed by atoms with Crippen molar-refractivity contribution in [2.24, 2.45) is 11.8 Å². The van der Waals surface area contributed by atoms with Gasteiger partial charge in [-0.15, -0.1) is 0 Å². The van der Waals surface area contributed by atoms with Gasteiger partial charge in [0.05, 0.1) is 12.4 Å². The molecule has 2 unspecified atom stereocenters. The van der Waals surface area contributed by atoms with E-state index in [1.165, 1.54) is 0 Å². The lowest BCUT2D eigenvalue weighted by Gasteiger charge is -2.44. The Morgan fingerprint density at radius 2 is 2.00 bits per heavy atom. The zero-order chi connectivity index (χ0) is 10.8. The minimum absolute atomic E-state index is 0.230. The molecule has 0 aromatic rings. The van der Waals surface area contributed by atoms with Crippen LogP contribution in [0.3, 0.4) is 0 Å². The minimum Gasteiger partial charge on any atom is -0.419 e. The molecule has 1 amide bonds. The standard InChI is InChI=1S/C11H17NO3/c1-2-15-11(14)12-6-8-4-3-5-9(7-12)10(8)13/h2,8-10,13H,1,3-7H2. The number of hydrogen-bond acceptors (Lipinski definition) is 3. The molecule has 2 atom stereocenters. The zero-order valence-electron chi connectivity index (χ0n) is 8.76. The van der Waals surface area contributed by atoms with Crippen LogP contribution in [0.2, 0.25) is 0 Å². The van der Waals surface area contributed by atoms with Gasteiger partial charge in [-0.05, 0) is 12.8 Å². The zero-order valence-corrected chi connectivity index (χ0v) is 8.76. The van der Waals surface area contributed by atoms with Crippen LogP contribution < -0.4 is 0 Å². The van der Waals surface area contributed by atoms with Crippen molar-refractivity contribution in [3.63, 3.8) is 0 Å². The summed E-state index contributed by atoms with van der Waals surface area (Å²) < 4.78 is 4.75. The van der Waals surface area contributed by atoms with Gasteiger partial charge in [-0.25, -0.2) is 4.79 Å². The molecule has 1 N–H and O–H groups in total. The number of nitrogens with zero attached hydrogens (tertiary/aromatic N) is 1. The van der Waals surface area contributed by atoms with E-state index in [9.17, 15) is 9.90 Å². The molecule has 1 heterocycles. The Hall–Kier alpha value is -1.03. The Morgan fingerprint density at radius 1 is 1.40 bits per heavy atom. The Kier molecular flexibility index (Phi) is 2.95. The molecule has 0 radical (unpaired) electrons. The molecular weight excluding hydrogens is 194 g/mol. The first kappa shape index (κ1) is 10.5. The van der Waals surface area contributed by atoms with E-state index in [2.05, 4.69) is 6.58 Å². The molecule has 1 saturated heterocycles. The number of amides is 1. The third-order valence-electron chi connectivity index (χ3n) is 3.47. The van der Waals surface area contributed by atoms with E-state index in [4.69, 9.17) is 4.74 Å². The van der Waals surface area contributed by atoms with Gasteiger partial charge in [0.2, 0.25) is 0 Å². The van der Waals surface area contributed by atoms with E-state index in [1.54, 1.807) is 4.90 Å². The fraction of sp³-hybridized carbons (Fsp3) is 0.727. The molecule has 1 aliphatic heterocycles. The summed E-state index contributed by atoms with van der Waals surface area (Å²) in [4.78, 5) is 13.2. The molecule has 1 aliphatic carbocycles. The summed E-state index contributed by atoms with van der Waals surface area (Å²) in [5.74, 6) is 0.463. The van der Waals surface area contributed by atoms with Gasteiger partial charge in [-0.1, -0.05) is 13.0 Å². The smallest absolute Gasteiger partial charge is 0.414 e. The lowest BCUT2D eigenvalue weighted by Crippen LogP contribution is -2.53. The van der Waals surface area contributed by atoms with Crippen molar-refractivity contribution < 1.29 is 14.6 Å². The van der Waals surface area contributed by atoms with Gasteiger partial charge in [0.15, 0.2) is 0 Å². The number of carbonyl (C=O) groups is 1. The van der Waals surface area contributed by atoms with Crippen LogP contribution in [0.4, 0.5) is 4.79 Å². The summed E-state index contributed by atoms with van der Waals surface area (Å²) in [6.07, 6.45) is 3.77. The monoisotopic (exact) mass is 211 g/mol. The second-order valence-electron chi connectivity index (χ2n) is 4.40. The summed E-state index contributed by atoms with van der Waals surface area (Å²) in [5.41, 5.74) is 0. The molecule has 1 saturated carbocycles.